The van der Waals surface area contributed by atoms with Crippen molar-refractivity contribution in [2.45, 2.75) is 45.7 Å². The molecule has 4 aromatic rings. The van der Waals surface area contributed by atoms with Crippen LogP contribution >= 0.6 is 23.8 Å². The number of rotatable bonds is 6. The van der Waals surface area contributed by atoms with Gasteiger partial charge in [-0.3, -0.25) is 4.98 Å². The van der Waals surface area contributed by atoms with Crippen LogP contribution in [-0.4, -0.2) is 38.8 Å². The summed E-state index contributed by atoms with van der Waals surface area (Å²) >= 11 is 12.9. The van der Waals surface area contributed by atoms with Gasteiger partial charge in [0.1, 0.15) is 0 Å². The zero-order valence-electron chi connectivity index (χ0n) is 23.9. The van der Waals surface area contributed by atoms with Crippen molar-refractivity contribution in [3.05, 3.63) is 106 Å². The van der Waals surface area contributed by atoms with E-state index in [-0.39, 0.29) is 17.6 Å². The van der Waals surface area contributed by atoms with Gasteiger partial charge in [0.2, 0.25) is 0 Å². The molecule has 2 aliphatic rings. The quantitative estimate of drug-likeness (QED) is 0.226. The van der Waals surface area contributed by atoms with Crippen LogP contribution in [0.3, 0.4) is 0 Å². The van der Waals surface area contributed by atoms with E-state index in [4.69, 9.17) is 28.8 Å². The lowest BCUT2D eigenvalue weighted by molar-refractivity contribution is 0.0697. The molecule has 0 spiro atoms. The molecule has 216 valence electrons. The highest BCUT2D eigenvalue weighted by Gasteiger charge is 2.42. The molecule has 6 rings (SSSR count). The minimum Gasteiger partial charge on any atom is -0.478 e. The zero-order chi connectivity index (χ0) is 29.5. The summed E-state index contributed by atoms with van der Waals surface area (Å²) in [6, 6.07) is 21.0. The molecule has 0 saturated carbocycles. The van der Waals surface area contributed by atoms with E-state index >= 15 is 0 Å². The summed E-state index contributed by atoms with van der Waals surface area (Å²) in [5.74, 6) is -0.201. The molecule has 0 bridgehead atoms. The summed E-state index contributed by atoms with van der Waals surface area (Å²) in [5, 5.41) is 14.3. The number of aryl methyl sites for hydroxylation is 1. The molecule has 2 aromatic carbocycles. The highest BCUT2D eigenvalue weighted by atomic mass is 35.5. The Bertz CT molecular complexity index is 1630. The van der Waals surface area contributed by atoms with Gasteiger partial charge in [-0.05, 0) is 111 Å². The number of nitrogens with zero attached hydrogens (tertiary/aromatic N) is 4. The molecule has 2 saturated heterocycles. The second kappa shape index (κ2) is 11.4. The van der Waals surface area contributed by atoms with Crippen LogP contribution in [0.15, 0.2) is 72.9 Å². The van der Waals surface area contributed by atoms with Crippen molar-refractivity contribution in [3.63, 3.8) is 0 Å². The smallest absolute Gasteiger partial charge is 0.335 e. The number of benzene rings is 2. The van der Waals surface area contributed by atoms with Gasteiger partial charge in [-0.15, -0.1) is 0 Å². The minimum absolute atomic E-state index is 0.191. The molecule has 2 fully saturated rings. The number of nitrogens with one attached hydrogen (secondary N) is 1. The number of hydrogen-bond donors (Lipinski definition) is 2. The van der Waals surface area contributed by atoms with Crippen molar-refractivity contribution in [1.82, 2.24) is 14.9 Å². The first-order chi connectivity index (χ1) is 20.2. The maximum absolute atomic E-state index is 11.4. The van der Waals surface area contributed by atoms with Crippen LogP contribution in [0, 0.1) is 19.8 Å². The predicted molar refractivity (Wildman–Crippen MR) is 172 cm³/mol. The lowest BCUT2D eigenvalue weighted by atomic mass is 9.96. The number of aromatic carboxylic acids is 1. The Labute approximate surface area is 256 Å². The van der Waals surface area contributed by atoms with Crippen molar-refractivity contribution in [2.75, 3.05) is 22.9 Å². The third-order valence-electron chi connectivity index (χ3n) is 8.59. The normalized spacial score (nSPS) is 19.3. The van der Waals surface area contributed by atoms with E-state index < -0.39 is 5.97 Å². The lowest BCUT2D eigenvalue weighted by Gasteiger charge is -2.33. The fourth-order valence-corrected chi connectivity index (χ4v) is 6.98. The van der Waals surface area contributed by atoms with Crippen molar-refractivity contribution in [3.8, 4) is 5.69 Å². The van der Waals surface area contributed by atoms with Crippen LogP contribution in [0.25, 0.3) is 5.69 Å². The summed E-state index contributed by atoms with van der Waals surface area (Å²) in [4.78, 5) is 20.7. The number of aromatic nitrogens is 2. The predicted octanol–water partition coefficient (Wildman–Crippen LogP) is 7.25. The number of piperidine rings is 1. The third-order valence-corrected chi connectivity index (χ3v) is 9.21. The number of carboxylic acids is 1. The van der Waals surface area contributed by atoms with Crippen LogP contribution in [0.5, 0.6) is 0 Å². The fraction of sp³-hybridized carbons (Fsp3) is 0.303. The standard InChI is InChI=1S/C33H34ClN5O2S/c1-20-13-16-37(17-14-20)29-12-11-25(19-27(29)34)39-31(30(36-33(39)42)28-6-4-5-15-35-28)26-18-21(2)38(22(26)3)24-9-7-23(8-10-24)32(40)41/h4-12,15,18-20,30-31H,13-14,16-17H2,1-3H3,(H,36,42)(H,40,41)/t30-,31-/m0/s1. The Morgan fingerprint density at radius 2 is 1.74 bits per heavy atom. The second-order valence-electron chi connectivity index (χ2n) is 11.3. The van der Waals surface area contributed by atoms with Crippen molar-refractivity contribution in [1.29, 1.82) is 0 Å². The number of carbonyl (C=O) groups is 1. The van der Waals surface area contributed by atoms with Crippen molar-refractivity contribution < 1.29 is 9.90 Å². The van der Waals surface area contributed by atoms with Crippen LogP contribution < -0.4 is 15.1 Å². The monoisotopic (exact) mass is 599 g/mol. The van der Waals surface area contributed by atoms with Crippen molar-refractivity contribution >= 4 is 46.3 Å². The average molecular weight is 600 g/mol. The van der Waals surface area contributed by atoms with Gasteiger partial charge in [-0.25, -0.2) is 4.79 Å². The van der Waals surface area contributed by atoms with E-state index in [0.717, 1.165) is 58.7 Å². The SMILES string of the molecule is Cc1cc([C@H]2[C@H](c3ccccn3)NC(=S)N2c2ccc(N3CCC(C)CC3)c(Cl)c2)c(C)n1-c1ccc(C(=O)O)cc1. The van der Waals surface area contributed by atoms with Crippen LogP contribution in [0.1, 0.15) is 64.9 Å². The maximum atomic E-state index is 11.4. The van der Waals surface area contributed by atoms with Gasteiger partial charge in [0.25, 0.3) is 0 Å². The number of halogens is 1. The van der Waals surface area contributed by atoms with E-state index in [1.165, 1.54) is 12.8 Å². The highest BCUT2D eigenvalue weighted by Crippen LogP contribution is 2.45. The zero-order valence-corrected chi connectivity index (χ0v) is 25.5. The van der Waals surface area contributed by atoms with E-state index in [1.807, 2.05) is 36.4 Å². The summed E-state index contributed by atoms with van der Waals surface area (Å²) < 4.78 is 2.16. The second-order valence-corrected chi connectivity index (χ2v) is 12.1. The van der Waals surface area contributed by atoms with Gasteiger partial charge in [-0.2, -0.15) is 0 Å². The summed E-state index contributed by atoms with van der Waals surface area (Å²) in [6.07, 6.45) is 4.14. The van der Waals surface area contributed by atoms with Gasteiger partial charge in [0.15, 0.2) is 5.11 Å². The Morgan fingerprint density at radius 1 is 1.02 bits per heavy atom. The molecule has 0 unspecified atom stereocenters. The van der Waals surface area contributed by atoms with E-state index in [1.54, 1.807) is 18.3 Å². The molecular formula is C33H34ClN5O2S. The third kappa shape index (κ3) is 5.14. The van der Waals surface area contributed by atoms with Gasteiger partial charge >= 0.3 is 5.97 Å². The molecular weight excluding hydrogens is 566 g/mol. The Morgan fingerprint density at radius 3 is 2.38 bits per heavy atom. The summed E-state index contributed by atoms with van der Waals surface area (Å²) in [6.45, 7) is 8.48. The van der Waals surface area contributed by atoms with Gasteiger partial charge in [-0.1, -0.05) is 24.6 Å². The van der Waals surface area contributed by atoms with Crippen LogP contribution in [-0.2, 0) is 0 Å². The van der Waals surface area contributed by atoms with Gasteiger partial charge in [0, 0.05) is 42.0 Å². The molecule has 9 heteroatoms. The highest BCUT2D eigenvalue weighted by molar-refractivity contribution is 7.80. The van der Waals surface area contributed by atoms with E-state index in [9.17, 15) is 9.90 Å². The number of hydrogen-bond acceptors (Lipinski definition) is 4. The molecule has 0 radical (unpaired) electrons. The molecule has 2 N–H and O–H groups in total. The Hall–Kier alpha value is -3.88. The molecule has 42 heavy (non-hydrogen) atoms. The van der Waals surface area contributed by atoms with Crippen molar-refractivity contribution in [2.24, 2.45) is 5.92 Å². The summed E-state index contributed by atoms with van der Waals surface area (Å²) in [5.41, 5.74) is 7.22. The van der Waals surface area contributed by atoms with Gasteiger partial charge < -0.3 is 24.8 Å². The lowest BCUT2D eigenvalue weighted by Crippen LogP contribution is -2.33. The van der Waals surface area contributed by atoms with E-state index in [2.05, 4.69) is 58.7 Å². The first-order valence-electron chi connectivity index (χ1n) is 14.3. The number of pyridine rings is 1. The first kappa shape index (κ1) is 28.2. The molecule has 4 heterocycles. The van der Waals surface area contributed by atoms with Crippen LogP contribution in [0.2, 0.25) is 5.02 Å². The number of thiocarbonyl (C=S) groups is 1. The molecule has 2 aliphatic heterocycles. The fourth-order valence-electron chi connectivity index (χ4n) is 6.34. The first-order valence-corrected chi connectivity index (χ1v) is 15.1. The summed E-state index contributed by atoms with van der Waals surface area (Å²) in [7, 11) is 0. The van der Waals surface area contributed by atoms with E-state index in [0.29, 0.717) is 10.1 Å². The number of carboxylic acid groups (broad SMARTS) is 1. The topological polar surface area (TPSA) is 73.6 Å². The molecule has 0 aliphatic carbocycles. The maximum Gasteiger partial charge on any atom is 0.335 e. The van der Waals surface area contributed by atoms with Gasteiger partial charge in [0.05, 0.1) is 34.1 Å². The average Bonchev–Trinajstić information content (AvgIpc) is 3.48. The Kier molecular flexibility index (Phi) is 7.68. The van der Waals surface area contributed by atoms with Crippen LogP contribution in [0.4, 0.5) is 11.4 Å². The largest absolute Gasteiger partial charge is 0.478 e. The molecule has 2 aromatic heterocycles. The Balaban J connectivity index is 1.42. The molecule has 0 amide bonds. The molecule has 7 nitrogen and oxygen atoms in total. The minimum atomic E-state index is -0.942. The number of anilines is 2. The molecule has 2 atom stereocenters.